The van der Waals surface area contributed by atoms with Crippen molar-refractivity contribution in [2.45, 2.75) is 11.7 Å². The molecular weight excluding hydrogens is 487 g/mol. The van der Waals surface area contributed by atoms with Crippen LogP contribution < -0.4 is 19.5 Å². The number of nitrogens with one attached hydrogen (secondary N) is 1. The van der Waals surface area contributed by atoms with Crippen LogP contribution in [0.15, 0.2) is 48.1 Å². The predicted octanol–water partition coefficient (Wildman–Crippen LogP) is 5.19. The average Bonchev–Trinajstić information content (AvgIpc) is 3.22. The fourth-order valence-corrected chi connectivity index (χ4v) is 4.13. The second-order valence-corrected chi connectivity index (χ2v) is 8.29. The molecule has 3 aromatic rings. The highest BCUT2D eigenvalue weighted by atomic mass is 35.5. The van der Waals surface area contributed by atoms with E-state index in [1.54, 1.807) is 50.6 Å². The van der Waals surface area contributed by atoms with Crippen LogP contribution in [0.25, 0.3) is 11.4 Å². The van der Waals surface area contributed by atoms with E-state index in [1.807, 2.05) is 4.57 Å². The molecule has 1 aromatic heterocycles. The summed E-state index contributed by atoms with van der Waals surface area (Å²) < 4.78 is 18.1. The molecule has 0 atom stereocenters. The maximum absolute atomic E-state index is 12.5. The zero-order valence-corrected chi connectivity index (χ0v) is 20.6. The van der Waals surface area contributed by atoms with Gasteiger partial charge in [-0.2, -0.15) is 0 Å². The number of benzene rings is 2. The Labute approximate surface area is 205 Å². The van der Waals surface area contributed by atoms with E-state index in [1.165, 1.54) is 18.9 Å². The molecule has 0 aliphatic carbocycles. The average molecular weight is 509 g/mol. The number of aromatic nitrogens is 3. The van der Waals surface area contributed by atoms with E-state index in [2.05, 4.69) is 22.1 Å². The topological polar surface area (TPSA) is 87.5 Å². The van der Waals surface area contributed by atoms with Crippen LogP contribution in [0.3, 0.4) is 0 Å². The quantitative estimate of drug-likeness (QED) is 0.297. The lowest BCUT2D eigenvalue weighted by molar-refractivity contribution is -0.113. The van der Waals surface area contributed by atoms with Crippen LogP contribution in [-0.2, 0) is 11.3 Å². The number of halogens is 2. The van der Waals surface area contributed by atoms with Crippen LogP contribution in [0.5, 0.6) is 17.2 Å². The Morgan fingerprint density at radius 3 is 2.45 bits per heavy atom. The van der Waals surface area contributed by atoms with Crippen LogP contribution in [-0.4, -0.2) is 47.8 Å². The van der Waals surface area contributed by atoms with Gasteiger partial charge in [-0.1, -0.05) is 47.1 Å². The summed E-state index contributed by atoms with van der Waals surface area (Å²) >= 11 is 13.4. The predicted molar refractivity (Wildman–Crippen MR) is 131 cm³/mol. The van der Waals surface area contributed by atoms with Crippen molar-refractivity contribution in [1.29, 1.82) is 0 Å². The molecule has 0 saturated carbocycles. The van der Waals surface area contributed by atoms with Gasteiger partial charge in [-0.25, -0.2) is 0 Å². The number of hydrogen-bond donors (Lipinski definition) is 1. The van der Waals surface area contributed by atoms with Crippen molar-refractivity contribution in [1.82, 2.24) is 14.8 Å². The molecule has 0 aliphatic heterocycles. The minimum atomic E-state index is -0.258. The molecule has 2 aromatic carbocycles. The van der Waals surface area contributed by atoms with Crippen molar-refractivity contribution < 1.29 is 19.0 Å². The number of thioether (sulfide) groups is 1. The summed E-state index contributed by atoms with van der Waals surface area (Å²) in [7, 11) is 4.62. The molecule has 0 spiro atoms. The first-order valence-electron chi connectivity index (χ1n) is 9.64. The van der Waals surface area contributed by atoms with Gasteiger partial charge in [-0.05, 0) is 24.3 Å². The molecule has 33 heavy (non-hydrogen) atoms. The largest absolute Gasteiger partial charge is 0.493 e. The number of ether oxygens (including phenoxy) is 3. The van der Waals surface area contributed by atoms with Gasteiger partial charge in [0.1, 0.15) is 0 Å². The van der Waals surface area contributed by atoms with Gasteiger partial charge in [0.2, 0.25) is 11.7 Å². The zero-order chi connectivity index (χ0) is 24.0. The fraction of sp³-hybridized carbons (Fsp3) is 0.227. The van der Waals surface area contributed by atoms with E-state index in [4.69, 9.17) is 37.4 Å². The smallest absolute Gasteiger partial charge is 0.234 e. The number of allylic oxidation sites excluding steroid dienone is 1. The Morgan fingerprint density at radius 2 is 1.85 bits per heavy atom. The molecule has 0 saturated heterocycles. The number of methoxy groups -OCH3 is 3. The Bertz CT molecular complexity index is 1140. The minimum Gasteiger partial charge on any atom is -0.493 e. The lowest BCUT2D eigenvalue weighted by Gasteiger charge is -2.14. The van der Waals surface area contributed by atoms with Crippen molar-refractivity contribution in [2.75, 3.05) is 32.4 Å². The van der Waals surface area contributed by atoms with Crippen LogP contribution >= 0.6 is 35.0 Å². The monoisotopic (exact) mass is 508 g/mol. The Hall–Kier alpha value is -2.88. The second-order valence-electron chi connectivity index (χ2n) is 6.56. The van der Waals surface area contributed by atoms with Crippen molar-refractivity contribution >= 4 is 46.6 Å². The normalized spacial score (nSPS) is 10.6. The van der Waals surface area contributed by atoms with E-state index >= 15 is 0 Å². The van der Waals surface area contributed by atoms with Gasteiger partial charge in [-0.3, -0.25) is 9.36 Å². The van der Waals surface area contributed by atoms with Crippen molar-refractivity contribution in [2.24, 2.45) is 0 Å². The standard InChI is InChI=1S/C22H22Cl2N4O4S/c1-5-9-28-21(13-10-16(30-2)20(32-4)17(11-13)31-3)26-27-22(28)33-12-18(29)25-15-8-6-7-14(23)19(15)24/h5-8,10-11H,1,9,12H2,2-4H3,(H,25,29). The van der Waals surface area contributed by atoms with E-state index in [0.717, 1.165) is 0 Å². The number of rotatable bonds is 10. The molecule has 174 valence electrons. The second kappa shape index (κ2) is 11.3. The van der Waals surface area contributed by atoms with Crippen LogP contribution in [0.2, 0.25) is 10.0 Å². The number of carbonyl (C=O) groups excluding carboxylic acids is 1. The van der Waals surface area contributed by atoms with E-state index in [9.17, 15) is 4.79 Å². The van der Waals surface area contributed by atoms with Crippen LogP contribution in [0.1, 0.15) is 0 Å². The molecule has 8 nitrogen and oxygen atoms in total. The molecule has 0 fully saturated rings. The third-order valence-electron chi connectivity index (χ3n) is 4.51. The van der Waals surface area contributed by atoms with Gasteiger partial charge in [-0.15, -0.1) is 16.8 Å². The first-order valence-corrected chi connectivity index (χ1v) is 11.4. The summed E-state index contributed by atoms with van der Waals surface area (Å²) in [6.07, 6.45) is 1.72. The number of anilines is 1. The molecule has 0 bridgehead atoms. The summed E-state index contributed by atoms with van der Waals surface area (Å²) in [5, 5.41) is 12.5. The lowest BCUT2D eigenvalue weighted by atomic mass is 10.1. The van der Waals surface area contributed by atoms with E-state index in [0.29, 0.717) is 51.0 Å². The summed E-state index contributed by atoms with van der Waals surface area (Å²) in [6.45, 7) is 4.25. The molecule has 3 rings (SSSR count). The maximum atomic E-state index is 12.5. The molecule has 0 radical (unpaired) electrons. The number of nitrogens with zero attached hydrogens (tertiary/aromatic N) is 3. The first-order chi connectivity index (χ1) is 15.9. The highest BCUT2D eigenvalue weighted by molar-refractivity contribution is 7.99. The van der Waals surface area contributed by atoms with Gasteiger partial charge in [0, 0.05) is 12.1 Å². The minimum absolute atomic E-state index is 0.0906. The van der Waals surface area contributed by atoms with E-state index < -0.39 is 0 Å². The number of amides is 1. The van der Waals surface area contributed by atoms with Crippen molar-refractivity contribution in [3.8, 4) is 28.6 Å². The number of carbonyl (C=O) groups is 1. The molecule has 0 aliphatic rings. The van der Waals surface area contributed by atoms with E-state index in [-0.39, 0.29) is 16.7 Å². The summed E-state index contributed by atoms with van der Waals surface area (Å²) in [5.41, 5.74) is 1.15. The highest BCUT2D eigenvalue weighted by Gasteiger charge is 2.20. The molecule has 1 N–H and O–H groups in total. The SMILES string of the molecule is C=CCn1c(SCC(=O)Nc2cccc(Cl)c2Cl)nnc1-c1cc(OC)c(OC)c(OC)c1. The number of hydrogen-bond acceptors (Lipinski definition) is 7. The van der Waals surface area contributed by atoms with Gasteiger partial charge in [0.05, 0.1) is 42.8 Å². The molecule has 11 heteroatoms. The van der Waals surface area contributed by atoms with Crippen LogP contribution in [0, 0.1) is 0 Å². The fourth-order valence-electron chi connectivity index (χ4n) is 3.03. The molecule has 1 amide bonds. The molecule has 1 heterocycles. The summed E-state index contributed by atoms with van der Waals surface area (Å²) in [5.74, 6) is 1.86. The van der Waals surface area contributed by atoms with Crippen molar-refractivity contribution in [3.63, 3.8) is 0 Å². The summed E-state index contributed by atoms with van der Waals surface area (Å²) in [4.78, 5) is 12.5. The van der Waals surface area contributed by atoms with Gasteiger partial charge in [0.25, 0.3) is 0 Å². The Kier molecular flexibility index (Phi) is 8.49. The lowest BCUT2D eigenvalue weighted by Crippen LogP contribution is -2.15. The maximum Gasteiger partial charge on any atom is 0.234 e. The van der Waals surface area contributed by atoms with Gasteiger partial charge >= 0.3 is 0 Å². The van der Waals surface area contributed by atoms with Crippen molar-refractivity contribution in [3.05, 3.63) is 53.0 Å². The Morgan fingerprint density at radius 1 is 1.15 bits per heavy atom. The zero-order valence-electron chi connectivity index (χ0n) is 18.2. The summed E-state index contributed by atoms with van der Waals surface area (Å²) in [6, 6.07) is 8.61. The Balaban J connectivity index is 1.85. The van der Waals surface area contributed by atoms with Crippen LogP contribution in [0.4, 0.5) is 5.69 Å². The first kappa shape index (κ1) is 24.8. The molecule has 0 unspecified atom stereocenters. The van der Waals surface area contributed by atoms with Gasteiger partial charge in [0.15, 0.2) is 22.5 Å². The third kappa shape index (κ3) is 5.55. The highest BCUT2D eigenvalue weighted by Crippen LogP contribution is 2.41. The third-order valence-corrected chi connectivity index (χ3v) is 6.30. The molecular formula is C22H22Cl2N4O4S. The van der Waals surface area contributed by atoms with Gasteiger partial charge < -0.3 is 19.5 Å².